The van der Waals surface area contributed by atoms with Crippen LogP contribution in [0.15, 0.2) is 41.6 Å². The Kier molecular flexibility index (Phi) is 4.25. The number of nitrogens with zero attached hydrogens (tertiary/aromatic N) is 2. The molecule has 0 aliphatic rings. The summed E-state index contributed by atoms with van der Waals surface area (Å²) in [5, 5.41) is 0. The van der Waals surface area contributed by atoms with E-state index in [4.69, 9.17) is 5.73 Å². The Morgan fingerprint density at radius 2 is 2.15 bits per heavy atom. The van der Waals surface area contributed by atoms with Gasteiger partial charge < -0.3 is 10.3 Å². The summed E-state index contributed by atoms with van der Waals surface area (Å²) >= 11 is 0. The second-order valence-electron chi connectivity index (χ2n) is 4.78. The van der Waals surface area contributed by atoms with E-state index in [1.807, 2.05) is 23.8 Å². The normalized spacial score (nSPS) is 13.3. The molecular weight excluding hydrogens is 274 g/mol. The maximum Gasteiger partial charge on any atom is 0.175 e. The molecule has 2 rings (SSSR count). The van der Waals surface area contributed by atoms with Crippen LogP contribution in [0.1, 0.15) is 24.4 Å². The van der Waals surface area contributed by atoms with Crippen molar-refractivity contribution in [2.75, 3.05) is 6.26 Å². The first-order valence-corrected chi connectivity index (χ1v) is 8.36. The highest BCUT2D eigenvalue weighted by molar-refractivity contribution is 7.90. The minimum absolute atomic E-state index is 0.274. The van der Waals surface area contributed by atoms with Crippen LogP contribution in [0.2, 0.25) is 0 Å². The van der Waals surface area contributed by atoms with Crippen LogP contribution in [-0.2, 0) is 22.8 Å². The third kappa shape index (κ3) is 3.26. The van der Waals surface area contributed by atoms with Crippen LogP contribution in [0.25, 0.3) is 0 Å². The number of imidazole rings is 1. The van der Waals surface area contributed by atoms with E-state index >= 15 is 0 Å². The molecule has 1 aromatic heterocycles. The molecule has 6 heteroatoms. The highest BCUT2D eigenvalue weighted by atomic mass is 32.2. The molecule has 2 N–H and O–H groups in total. The Bertz CT molecular complexity index is 692. The number of hydrogen-bond donors (Lipinski definition) is 1. The van der Waals surface area contributed by atoms with Gasteiger partial charge in [-0.2, -0.15) is 0 Å². The Balaban J connectivity index is 2.24. The Labute approximate surface area is 119 Å². The van der Waals surface area contributed by atoms with Crippen LogP contribution in [0.4, 0.5) is 0 Å². The van der Waals surface area contributed by atoms with Gasteiger partial charge in [0.05, 0.1) is 4.90 Å². The van der Waals surface area contributed by atoms with Crippen molar-refractivity contribution in [3.8, 4) is 0 Å². The van der Waals surface area contributed by atoms with Crippen molar-refractivity contribution in [1.82, 2.24) is 9.55 Å². The van der Waals surface area contributed by atoms with Crippen molar-refractivity contribution in [3.63, 3.8) is 0 Å². The molecule has 0 bridgehead atoms. The van der Waals surface area contributed by atoms with E-state index in [1.165, 1.54) is 6.26 Å². The quantitative estimate of drug-likeness (QED) is 0.907. The zero-order valence-electron chi connectivity index (χ0n) is 11.7. The monoisotopic (exact) mass is 293 g/mol. The van der Waals surface area contributed by atoms with Crippen LogP contribution >= 0.6 is 0 Å². The van der Waals surface area contributed by atoms with E-state index in [0.29, 0.717) is 11.3 Å². The highest BCUT2D eigenvalue weighted by Gasteiger charge is 2.14. The number of aromatic nitrogens is 2. The molecule has 0 saturated heterocycles. The van der Waals surface area contributed by atoms with Crippen molar-refractivity contribution in [3.05, 3.63) is 48.0 Å². The molecule has 2 aromatic rings. The van der Waals surface area contributed by atoms with Crippen LogP contribution < -0.4 is 5.73 Å². The topological polar surface area (TPSA) is 78.0 Å². The van der Waals surface area contributed by atoms with Crippen molar-refractivity contribution in [2.45, 2.75) is 30.8 Å². The van der Waals surface area contributed by atoms with Gasteiger partial charge in [0.15, 0.2) is 9.84 Å². The van der Waals surface area contributed by atoms with Crippen molar-refractivity contribution < 1.29 is 8.42 Å². The predicted octanol–water partition coefficient (Wildman–Crippen LogP) is 1.55. The second kappa shape index (κ2) is 5.76. The van der Waals surface area contributed by atoms with Gasteiger partial charge in [-0.15, -0.1) is 0 Å². The van der Waals surface area contributed by atoms with Crippen LogP contribution in [0, 0.1) is 0 Å². The highest BCUT2D eigenvalue weighted by Crippen LogP contribution is 2.19. The number of sulfone groups is 1. The van der Waals surface area contributed by atoms with E-state index in [-0.39, 0.29) is 6.04 Å². The van der Waals surface area contributed by atoms with Gasteiger partial charge in [0.1, 0.15) is 5.82 Å². The summed E-state index contributed by atoms with van der Waals surface area (Å²) in [5.41, 5.74) is 6.98. The van der Waals surface area contributed by atoms with Gasteiger partial charge in [0.2, 0.25) is 0 Å². The number of benzene rings is 1. The van der Waals surface area contributed by atoms with Crippen LogP contribution in [0.3, 0.4) is 0 Å². The summed E-state index contributed by atoms with van der Waals surface area (Å²) in [4.78, 5) is 4.58. The summed E-state index contributed by atoms with van der Waals surface area (Å²) in [6, 6.07) is 6.51. The maximum atomic E-state index is 11.6. The molecule has 0 amide bonds. The third-order valence-electron chi connectivity index (χ3n) is 3.26. The fraction of sp³-hybridized carbons (Fsp3) is 0.357. The van der Waals surface area contributed by atoms with Gasteiger partial charge in [-0.05, 0) is 24.6 Å². The molecule has 1 unspecified atom stereocenters. The molecule has 1 heterocycles. The molecule has 0 saturated carbocycles. The lowest BCUT2D eigenvalue weighted by molar-refractivity contribution is 0.600. The largest absolute Gasteiger partial charge is 0.335 e. The van der Waals surface area contributed by atoms with Gasteiger partial charge in [-0.3, -0.25) is 0 Å². The summed E-state index contributed by atoms with van der Waals surface area (Å²) in [6.07, 6.45) is 5.43. The molecular formula is C14H19N3O2S. The number of rotatable bonds is 5. The van der Waals surface area contributed by atoms with E-state index in [0.717, 1.165) is 17.9 Å². The van der Waals surface area contributed by atoms with Gasteiger partial charge >= 0.3 is 0 Å². The van der Waals surface area contributed by atoms with Gasteiger partial charge in [0, 0.05) is 37.7 Å². The molecule has 0 aliphatic heterocycles. The van der Waals surface area contributed by atoms with Crippen molar-refractivity contribution in [1.29, 1.82) is 0 Å². The SMILES string of the molecule is CCn1ccnc1CC(N)c1cccc(S(C)(=O)=O)c1. The van der Waals surface area contributed by atoms with E-state index in [2.05, 4.69) is 4.98 Å². The maximum absolute atomic E-state index is 11.6. The summed E-state index contributed by atoms with van der Waals surface area (Å²) < 4.78 is 25.2. The fourth-order valence-electron chi connectivity index (χ4n) is 2.11. The first-order chi connectivity index (χ1) is 9.41. The average molecular weight is 293 g/mol. The Hall–Kier alpha value is -1.66. The first-order valence-electron chi connectivity index (χ1n) is 6.47. The summed E-state index contributed by atoms with van der Waals surface area (Å²) in [6.45, 7) is 2.88. The molecule has 0 fully saturated rings. The Morgan fingerprint density at radius 1 is 1.40 bits per heavy atom. The van der Waals surface area contributed by atoms with Crippen molar-refractivity contribution in [2.24, 2.45) is 5.73 Å². The molecule has 1 aromatic carbocycles. The standard InChI is InChI=1S/C14H19N3O2S/c1-3-17-8-7-16-14(17)10-13(15)11-5-4-6-12(9-11)20(2,18)19/h4-9,13H,3,10,15H2,1-2H3. The van der Waals surface area contributed by atoms with E-state index in [1.54, 1.807) is 24.4 Å². The lowest BCUT2D eigenvalue weighted by Gasteiger charge is -2.13. The lowest BCUT2D eigenvalue weighted by atomic mass is 10.0. The van der Waals surface area contributed by atoms with Gasteiger partial charge in [-0.1, -0.05) is 12.1 Å². The average Bonchev–Trinajstić information content (AvgIpc) is 2.85. The summed E-state index contributed by atoms with van der Waals surface area (Å²) in [5.74, 6) is 0.907. The third-order valence-corrected chi connectivity index (χ3v) is 4.37. The summed E-state index contributed by atoms with van der Waals surface area (Å²) in [7, 11) is -3.21. The molecule has 0 spiro atoms. The first kappa shape index (κ1) is 14.7. The lowest BCUT2D eigenvalue weighted by Crippen LogP contribution is -2.16. The minimum atomic E-state index is -3.21. The van der Waals surface area contributed by atoms with Crippen molar-refractivity contribution >= 4 is 9.84 Å². The minimum Gasteiger partial charge on any atom is -0.335 e. The molecule has 0 aliphatic carbocycles. The second-order valence-corrected chi connectivity index (χ2v) is 6.80. The molecule has 108 valence electrons. The number of hydrogen-bond acceptors (Lipinski definition) is 4. The molecule has 5 nitrogen and oxygen atoms in total. The van der Waals surface area contributed by atoms with Crippen LogP contribution in [0.5, 0.6) is 0 Å². The fourth-order valence-corrected chi connectivity index (χ4v) is 2.78. The smallest absolute Gasteiger partial charge is 0.175 e. The zero-order chi connectivity index (χ0) is 14.8. The predicted molar refractivity (Wildman–Crippen MR) is 78.1 cm³/mol. The molecule has 1 atom stereocenters. The van der Waals surface area contributed by atoms with E-state index < -0.39 is 9.84 Å². The molecule has 20 heavy (non-hydrogen) atoms. The zero-order valence-corrected chi connectivity index (χ0v) is 12.5. The Morgan fingerprint density at radius 3 is 2.80 bits per heavy atom. The van der Waals surface area contributed by atoms with Gasteiger partial charge in [0.25, 0.3) is 0 Å². The number of aryl methyl sites for hydroxylation is 1. The van der Waals surface area contributed by atoms with Gasteiger partial charge in [-0.25, -0.2) is 13.4 Å². The van der Waals surface area contributed by atoms with Crippen LogP contribution in [-0.4, -0.2) is 24.2 Å². The van der Waals surface area contributed by atoms with E-state index in [9.17, 15) is 8.42 Å². The number of nitrogens with two attached hydrogens (primary N) is 1. The molecule has 0 radical (unpaired) electrons.